The number of carbonyl (C=O) groups is 1. The van der Waals surface area contributed by atoms with E-state index in [1.165, 1.54) is 12.8 Å². The van der Waals surface area contributed by atoms with Crippen LogP contribution in [0.4, 0.5) is 0 Å². The molecular weight excluding hydrogens is 254 g/mol. The molecule has 1 aliphatic rings. The first-order valence-electron chi connectivity index (χ1n) is 7.28. The second-order valence-corrected chi connectivity index (χ2v) is 5.39. The van der Waals surface area contributed by atoms with Crippen LogP contribution >= 0.6 is 0 Å². The van der Waals surface area contributed by atoms with E-state index in [2.05, 4.69) is 5.32 Å². The molecule has 0 radical (unpaired) electrons. The zero-order valence-electron chi connectivity index (χ0n) is 12.0. The highest BCUT2D eigenvalue weighted by Crippen LogP contribution is 2.20. The number of aliphatic hydroxyl groups excluding tert-OH is 1. The van der Waals surface area contributed by atoms with Crippen LogP contribution in [-0.4, -0.2) is 30.3 Å². The summed E-state index contributed by atoms with van der Waals surface area (Å²) in [6, 6.07) is 7.64. The number of aryl methyl sites for hydroxylation is 1. The lowest BCUT2D eigenvalue weighted by Gasteiger charge is -2.15. The minimum Gasteiger partial charge on any atom is -0.387 e. The number of benzene rings is 1. The Bertz CT molecular complexity index is 441. The van der Waals surface area contributed by atoms with E-state index >= 15 is 0 Å². The normalized spacial score (nSPS) is 17.1. The first-order valence-corrected chi connectivity index (χ1v) is 7.28. The number of hydrogen-bond donors (Lipinski definition) is 2. The predicted molar refractivity (Wildman–Crippen MR) is 77.4 cm³/mol. The molecule has 1 amide bonds. The van der Waals surface area contributed by atoms with Gasteiger partial charge in [0.1, 0.15) is 6.61 Å². The van der Waals surface area contributed by atoms with Crippen molar-refractivity contribution in [1.29, 1.82) is 0 Å². The summed E-state index contributed by atoms with van der Waals surface area (Å²) < 4.78 is 5.53. The van der Waals surface area contributed by atoms with E-state index in [0.717, 1.165) is 24.0 Å². The first-order chi connectivity index (χ1) is 9.66. The van der Waals surface area contributed by atoms with Gasteiger partial charge in [-0.05, 0) is 30.9 Å². The minimum absolute atomic E-state index is 0.0885. The van der Waals surface area contributed by atoms with Crippen molar-refractivity contribution >= 4 is 5.91 Å². The summed E-state index contributed by atoms with van der Waals surface area (Å²) in [5.41, 5.74) is 1.88. The molecule has 0 saturated heterocycles. The van der Waals surface area contributed by atoms with Gasteiger partial charge in [0.2, 0.25) is 5.91 Å². The van der Waals surface area contributed by atoms with Crippen molar-refractivity contribution in [2.45, 2.75) is 44.8 Å². The van der Waals surface area contributed by atoms with Crippen LogP contribution in [0.3, 0.4) is 0 Å². The molecule has 4 heteroatoms. The van der Waals surface area contributed by atoms with Gasteiger partial charge in [0.25, 0.3) is 0 Å². The third-order valence-electron chi connectivity index (χ3n) is 3.79. The van der Waals surface area contributed by atoms with E-state index < -0.39 is 6.10 Å². The Morgan fingerprint density at radius 3 is 2.80 bits per heavy atom. The number of aliphatic hydroxyl groups is 1. The highest BCUT2D eigenvalue weighted by Gasteiger charge is 2.17. The molecule has 20 heavy (non-hydrogen) atoms. The molecule has 2 rings (SSSR count). The molecule has 0 bridgehead atoms. The van der Waals surface area contributed by atoms with Gasteiger partial charge in [0, 0.05) is 6.54 Å². The van der Waals surface area contributed by atoms with Gasteiger partial charge in [-0.2, -0.15) is 0 Å². The van der Waals surface area contributed by atoms with Crippen LogP contribution in [0.25, 0.3) is 0 Å². The van der Waals surface area contributed by atoms with E-state index in [0.29, 0.717) is 0 Å². The second-order valence-electron chi connectivity index (χ2n) is 5.39. The molecule has 4 nitrogen and oxygen atoms in total. The van der Waals surface area contributed by atoms with Crippen LogP contribution in [0.5, 0.6) is 0 Å². The van der Waals surface area contributed by atoms with Crippen molar-refractivity contribution in [2.24, 2.45) is 0 Å². The lowest BCUT2D eigenvalue weighted by atomic mass is 10.0. The minimum atomic E-state index is -0.674. The molecular formula is C16H23NO3. The Labute approximate surface area is 120 Å². The van der Waals surface area contributed by atoms with Gasteiger partial charge < -0.3 is 15.2 Å². The third kappa shape index (κ3) is 4.32. The van der Waals surface area contributed by atoms with Crippen LogP contribution in [0, 0.1) is 6.92 Å². The fourth-order valence-corrected chi connectivity index (χ4v) is 2.58. The molecule has 0 heterocycles. The molecule has 0 aromatic heterocycles. The van der Waals surface area contributed by atoms with Gasteiger partial charge in [0.05, 0.1) is 12.2 Å². The van der Waals surface area contributed by atoms with E-state index in [1.54, 1.807) is 0 Å². The van der Waals surface area contributed by atoms with Crippen LogP contribution in [0.2, 0.25) is 0 Å². The molecule has 1 unspecified atom stereocenters. The molecule has 1 aromatic rings. The molecule has 110 valence electrons. The lowest BCUT2D eigenvalue weighted by Crippen LogP contribution is -2.32. The van der Waals surface area contributed by atoms with E-state index in [-0.39, 0.29) is 25.2 Å². The van der Waals surface area contributed by atoms with Gasteiger partial charge in [0.15, 0.2) is 0 Å². The quantitative estimate of drug-likeness (QED) is 0.837. The van der Waals surface area contributed by atoms with E-state index in [9.17, 15) is 9.90 Å². The third-order valence-corrected chi connectivity index (χ3v) is 3.79. The number of hydrogen-bond acceptors (Lipinski definition) is 3. The van der Waals surface area contributed by atoms with Crippen molar-refractivity contribution in [3.05, 3.63) is 35.4 Å². The molecule has 1 aliphatic carbocycles. The van der Waals surface area contributed by atoms with Crippen molar-refractivity contribution in [3.8, 4) is 0 Å². The van der Waals surface area contributed by atoms with Gasteiger partial charge >= 0.3 is 0 Å². The van der Waals surface area contributed by atoms with Crippen LogP contribution in [0.1, 0.15) is 42.9 Å². The Morgan fingerprint density at radius 1 is 1.40 bits per heavy atom. The largest absolute Gasteiger partial charge is 0.387 e. The maximum atomic E-state index is 11.7. The number of carbonyl (C=O) groups excluding carboxylic acids is 1. The summed E-state index contributed by atoms with van der Waals surface area (Å²) in [6.07, 6.45) is 4.06. The maximum Gasteiger partial charge on any atom is 0.246 e. The molecule has 1 saturated carbocycles. The van der Waals surface area contributed by atoms with E-state index in [1.807, 2.05) is 31.2 Å². The predicted octanol–water partition coefficient (Wildman–Crippen LogP) is 2.10. The summed E-state index contributed by atoms with van der Waals surface area (Å²) in [4.78, 5) is 11.7. The fraction of sp³-hybridized carbons (Fsp3) is 0.562. The molecule has 1 aromatic carbocycles. The first kappa shape index (κ1) is 15.0. The van der Waals surface area contributed by atoms with Crippen LogP contribution < -0.4 is 5.32 Å². The summed E-state index contributed by atoms with van der Waals surface area (Å²) >= 11 is 0. The highest BCUT2D eigenvalue weighted by molar-refractivity contribution is 5.77. The summed E-state index contributed by atoms with van der Waals surface area (Å²) in [5.74, 6) is -0.162. The summed E-state index contributed by atoms with van der Waals surface area (Å²) in [6.45, 7) is 2.26. The monoisotopic (exact) mass is 277 g/mol. The summed E-state index contributed by atoms with van der Waals surface area (Å²) in [5, 5.41) is 12.8. The van der Waals surface area contributed by atoms with Crippen LogP contribution in [0.15, 0.2) is 24.3 Å². The molecule has 1 atom stereocenters. The van der Waals surface area contributed by atoms with Gasteiger partial charge in [-0.3, -0.25) is 4.79 Å². The average molecular weight is 277 g/mol. The Morgan fingerprint density at radius 2 is 2.10 bits per heavy atom. The van der Waals surface area contributed by atoms with Crippen LogP contribution in [-0.2, 0) is 9.53 Å². The Kier molecular flexibility index (Phi) is 5.56. The SMILES string of the molecule is Cc1ccccc1C(O)CNC(=O)COC1CCCC1. The molecule has 1 fully saturated rings. The smallest absolute Gasteiger partial charge is 0.246 e. The molecule has 0 aliphatic heterocycles. The Hall–Kier alpha value is -1.39. The van der Waals surface area contributed by atoms with Gasteiger partial charge in [-0.1, -0.05) is 37.1 Å². The molecule has 0 spiro atoms. The van der Waals surface area contributed by atoms with Crippen molar-refractivity contribution in [3.63, 3.8) is 0 Å². The van der Waals surface area contributed by atoms with Gasteiger partial charge in [-0.25, -0.2) is 0 Å². The average Bonchev–Trinajstić information content (AvgIpc) is 2.96. The zero-order valence-corrected chi connectivity index (χ0v) is 12.0. The highest BCUT2D eigenvalue weighted by atomic mass is 16.5. The fourth-order valence-electron chi connectivity index (χ4n) is 2.58. The van der Waals surface area contributed by atoms with Crippen molar-refractivity contribution in [1.82, 2.24) is 5.32 Å². The number of amides is 1. The lowest BCUT2D eigenvalue weighted by molar-refractivity contribution is -0.128. The topological polar surface area (TPSA) is 58.6 Å². The maximum absolute atomic E-state index is 11.7. The number of nitrogens with one attached hydrogen (secondary N) is 1. The van der Waals surface area contributed by atoms with Crippen molar-refractivity contribution < 1.29 is 14.6 Å². The standard InChI is InChI=1S/C16H23NO3/c1-12-6-2-5-9-14(12)15(18)10-17-16(19)11-20-13-7-3-4-8-13/h2,5-6,9,13,15,18H,3-4,7-8,10-11H2,1H3,(H,17,19). The Balaban J connectivity index is 1.71. The van der Waals surface area contributed by atoms with E-state index in [4.69, 9.17) is 4.74 Å². The van der Waals surface area contributed by atoms with Gasteiger partial charge in [-0.15, -0.1) is 0 Å². The van der Waals surface area contributed by atoms with Crippen molar-refractivity contribution in [2.75, 3.05) is 13.2 Å². The summed E-state index contributed by atoms with van der Waals surface area (Å²) in [7, 11) is 0. The molecule has 2 N–H and O–H groups in total. The number of ether oxygens (including phenoxy) is 1. The second kappa shape index (κ2) is 7.41. The zero-order chi connectivity index (χ0) is 14.4. The number of rotatable bonds is 6.